The summed E-state index contributed by atoms with van der Waals surface area (Å²) in [7, 11) is 0. The summed E-state index contributed by atoms with van der Waals surface area (Å²) in [6.07, 6.45) is 2.02. The zero-order chi connectivity index (χ0) is 12.7. The van der Waals surface area contributed by atoms with Crippen molar-refractivity contribution >= 4 is 34.8 Å². The molecule has 1 N–H and O–H groups in total. The molecule has 0 aromatic heterocycles. The fraction of sp³-hybridized carbons (Fsp3) is 0.417. The Kier molecular flexibility index (Phi) is 6.16. The SMILES string of the molecule is CCCCOc1ccccc1NC(=O)C(Cl)Cl. The number of hydrogen-bond acceptors (Lipinski definition) is 2. The molecular formula is C12H15Cl2NO2. The number of anilines is 1. The molecule has 0 aliphatic carbocycles. The van der Waals surface area contributed by atoms with E-state index in [0.29, 0.717) is 18.0 Å². The quantitative estimate of drug-likeness (QED) is 0.636. The van der Waals surface area contributed by atoms with Gasteiger partial charge in [-0.25, -0.2) is 0 Å². The first-order valence-corrected chi connectivity index (χ1v) is 6.33. The predicted molar refractivity (Wildman–Crippen MR) is 71.0 cm³/mol. The lowest BCUT2D eigenvalue weighted by Gasteiger charge is -2.12. The summed E-state index contributed by atoms with van der Waals surface area (Å²) in [5, 5.41) is 2.61. The van der Waals surface area contributed by atoms with Crippen LogP contribution >= 0.6 is 23.2 Å². The monoisotopic (exact) mass is 275 g/mol. The fourth-order valence-electron chi connectivity index (χ4n) is 1.21. The van der Waals surface area contributed by atoms with E-state index in [0.717, 1.165) is 12.8 Å². The Balaban J connectivity index is 2.67. The van der Waals surface area contributed by atoms with Crippen LogP contribution in [0.25, 0.3) is 0 Å². The summed E-state index contributed by atoms with van der Waals surface area (Å²) < 4.78 is 5.56. The minimum atomic E-state index is -1.08. The minimum absolute atomic E-state index is 0.458. The second-order valence-corrected chi connectivity index (χ2v) is 4.58. The third-order valence-electron chi connectivity index (χ3n) is 2.10. The van der Waals surface area contributed by atoms with Crippen LogP contribution in [0.2, 0.25) is 0 Å². The Bertz CT molecular complexity index is 369. The number of carbonyl (C=O) groups excluding carboxylic acids is 1. The van der Waals surface area contributed by atoms with Crippen LogP contribution in [0, 0.1) is 0 Å². The fourth-order valence-corrected chi connectivity index (χ4v) is 1.32. The minimum Gasteiger partial charge on any atom is -0.491 e. The zero-order valence-electron chi connectivity index (χ0n) is 9.58. The number of carbonyl (C=O) groups is 1. The Labute approximate surface area is 111 Å². The van der Waals surface area contributed by atoms with Gasteiger partial charge in [-0.3, -0.25) is 4.79 Å². The summed E-state index contributed by atoms with van der Waals surface area (Å²) in [6.45, 7) is 2.71. The van der Waals surface area contributed by atoms with Crippen molar-refractivity contribution in [1.29, 1.82) is 0 Å². The molecule has 1 amide bonds. The van der Waals surface area contributed by atoms with Crippen molar-refractivity contribution in [2.75, 3.05) is 11.9 Å². The lowest BCUT2D eigenvalue weighted by molar-refractivity contribution is -0.114. The number of ether oxygens (including phenoxy) is 1. The molecule has 0 spiro atoms. The first-order valence-electron chi connectivity index (χ1n) is 5.46. The molecule has 0 saturated carbocycles. The van der Waals surface area contributed by atoms with Crippen molar-refractivity contribution in [3.05, 3.63) is 24.3 Å². The topological polar surface area (TPSA) is 38.3 Å². The average Bonchev–Trinajstić information content (AvgIpc) is 2.31. The van der Waals surface area contributed by atoms with Gasteiger partial charge < -0.3 is 10.1 Å². The molecule has 0 aliphatic heterocycles. The second kappa shape index (κ2) is 7.41. The lowest BCUT2D eigenvalue weighted by Crippen LogP contribution is -2.19. The van der Waals surface area contributed by atoms with E-state index in [4.69, 9.17) is 27.9 Å². The summed E-state index contributed by atoms with van der Waals surface area (Å²) in [6, 6.07) is 7.19. The standard InChI is InChI=1S/C12H15Cl2NO2/c1-2-3-8-17-10-7-5-4-6-9(10)15-12(16)11(13)14/h4-7,11H,2-3,8H2,1H3,(H,15,16). The number of amides is 1. The summed E-state index contributed by atoms with van der Waals surface area (Å²) in [4.78, 5) is 10.3. The number of hydrogen-bond donors (Lipinski definition) is 1. The van der Waals surface area contributed by atoms with Gasteiger partial charge in [-0.1, -0.05) is 48.7 Å². The Morgan fingerprint density at radius 3 is 2.76 bits per heavy atom. The highest BCUT2D eigenvalue weighted by Crippen LogP contribution is 2.24. The van der Waals surface area contributed by atoms with Gasteiger partial charge in [-0.2, -0.15) is 0 Å². The van der Waals surface area contributed by atoms with Crippen LogP contribution in [0.15, 0.2) is 24.3 Å². The molecule has 1 rings (SSSR count). The van der Waals surface area contributed by atoms with Crippen LogP contribution in [0.4, 0.5) is 5.69 Å². The molecule has 1 aromatic carbocycles. The first-order chi connectivity index (χ1) is 8.15. The van der Waals surface area contributed by atoms with Gasteiger partial charge >= 0.3 is 0 Å². The highest BCUT2D eigenvalue weighted by molar-refractivity contribution is 6.54. The summed E-state index contributed by atoms with van der Waals surface area (Å²) in [5.74, 6) is 0.170. The molecule has 0 saturated heterocycles. The van der Waals surface area contributed by atoms with Crippen LogP contribution in [-0.4, -0.2) is 17.4 Å². The Hall–Kier alpha value is -0.930. The second-order valence-electron chi connectivity index (χ2n) is 3.49. The lowest BCUT2D eigenvalue weighted by atomic mass is 10.3. The van der Waals surface area contributed by atoms with Crippen LogP contribution in [-0.2, 0) is 4.79 Å². The van der Waals surface area contributed by atoms with E-state index in [1.54, 1.807) is 18.2 Å². The molecular weight excluding hydrogens is 261 g/mol. The molecule has 0 radical (unpaired) electrons. The maximum absolute atomic E-state index is 11.4. The van der Waals surface area contributed by atoms with Gasteiger partial charge in [-0.05, 0) is 18.6 Å². The van der Waals surface area contributed by atoms with Crippen molar-refractivity contribution in [2.24, 2.45) is 0 Å². The van der Waals surface area contributed by atoms with Gasteiger partial charge in [0.25, 0.3) is 5.91 Å². The van der Waals surface area contributed by atoms with Crippen LogP contribution in [0.1, 0.15) is 19.8 Å². The zero-order valence-corrected chi connectivity index (χ0v) is 11.1. The van der Waals surface area contributed by atoms with E-state index in [-0.39, 0.29) is 0 Å². The Morgan fingerprint density at radius 1 is 1.41 bits per heavy atom. The van der Waals surface area contributed by atoms with E-state index in [2.05, 4.69) is 12.2 Å². The number of unbranched alkanes of at least 4 members (excludes halogenated alkanes) is 1. The van der Waals surface area contributed by atoms with E-state index in [1.165, 1.54) is 0 Å². The van der Waals surface area contributed by atoms with Gasteiger partial charge in [0.05, 0.1) is 12.3 Å². The maximum Gasteiger partial charge on any atom is 0.257 e. The van der Waals surface area contributed by atoms with Gasteiger partial charge in [0.1, 0.15) is 5.75 Å². The molecule has 3 nitrogen and oxygen atoms in total. The number of nitrogens with one attached hydrogen (secondary N) is 1. The summed E-state index contributed by atoms with van der Waals surface area (Å²) in [5.41, 5.74) is 0.583. The van der Waals surface area contributed by atoms with Crippen LogP contribution in [0.5, 0.6) is 5.75 Å². The maximum atomic E-state index is 11.4. The van der Waals surface area contributed by atoms with Crippen molar-refractivity contribution in [2.45, 2.75) is 24.6 Å². The van der Waals surface area contributed by atoms with E-state index < -0.39 is 10.7 Å². The van der Waals surface area contributed by atoms with Crippen LogP contribution in [0.3, 0.4) is 0 Å². The average molecular weight is 276 g/mol. The largest absolute Gasteiger partial charge is 0.491 e. The highest BCUT2D eigenvalue weighted by Gasteiger charge is 2.13. The molecule has 0 atom stereocenters. The van der Waals surface area contributed by atoms with Crippen LogP contribution < -0.4 is 10.1 Å². The third-order valence-corrected chi connectivity index (χ3v) is 2.49. The molecule has 17 heavy (non-hydrogen) atoms. The first kappa shape index (κ1) is 14.1. The number of rotatable bonds is 6. The van der Waals surface area contributed by atoms with E-state index >= 15 is 0 Å². The smallest absolute Gasteiger partial charge is 0.257 e. The molecule has 5 heteroatoms. The van der Waals surface area contributed by atoms with Crippen molar-refractivity contribution < 1.29 is 9.53 Å². The van der Waals surface area contributed by atoms with Gasteiger partial charge in [0.2, 0.25) is 0 Å². The summed E-state index contributed by atoms with van der Waals surface area (Å²) >= 11 is 10.9. The molecule has 0 aliphatic rings. The van der Waals surface area contributed by atoms with Crippen molar-refractivity contribution in [3.8, 4) is 5.75 Å². The third kappa shape index (κ3) is 4.84. The molecule has 0 unspecified atom stereocenters. The number of halogens is 2. The van der Waals surface area contributed by atoms with Gasteiger partial charge in [-0.15, -0.1) is 0 Å². The Morgan fingerprint density at radius 2 is 2.12 bits per heavy atom. The number of alkyl halides is 2. The number of benzene rings is 1. The van der Waals surface area contributed by atoms with E-state index in [9.17, 15) is 4.79 Å². The van der Waals surface area contributed by atoms with Crippen molar-refractivity contribution in [1.82, 2.24) is 0 Å². The highest BCUT2D eigenvalue weighted by atomic mass is 35.5. The van der Waals surface area contributed by atoms with Gasteiger partial charge in [0, 0.05) is 0 Å². The van der Waals surface area contributed by atoms with Crippen molar-refractivity contribution in [3.63, 3.8) is 0 Å². The number of para-hydroxylation sites is 2. The van der Waals surface area contributed by atoms with Gasteiger partial charge in [0.15, 0.2) is 4.84 Å². The normalized spacial score (nSPS) is 10.4. The van der Waals surface area contributed by atoms with E-state index in [1.807, 2.05) is 6.07 Å². The molecule has 0 fully saturated rings. The molecule has 0 heterocycles. The molecule has 1 aromatic rings. The molecule has 94 valence electrons. The molecule has 0 bridgehead atoms. The predicted octanol–water partition coefficient (Wildman–Crippen LogP) is 3.61.